The van der Waals surface area contributed by atoms with Crippen LogP contribution in [0.25, 0.3) is 0 Å². The summed E-state index contributed by atoms with van der Waals surface area (Å²) in [6.07, 6.45) is 0.755. The Labute approximate surface area is 110 Å². The fraction of sp³-hybridized carbons (Fsp3) is 0.133. The standard InChI is InChI=1S/C15H13FO3/c1-18-15-6-5-11(9-17)7-12(15)10-19-14-4-2-3-13(16)8-14/h2-9H,10H2,1H3. The van der Waals surface area contributed by atoms with Gasteiger partial charge in [0.1, 0.15) is 30.2 Å². The second-order valence-electron chi connectivity index (χ2n) is 3.94. The number of benzene rings is 2. The molecule has 0 atom stereocenters. The van der Waals surface area contributed by atoms with Gasteiger partial charge in [0.05, 0.1) is 7.11 Å². The quantitative estimate of drug-likeness (QED) is 0.774. The summed E-state index contributed by atoms with van der Waals surface area (Å²) in [6, 6.07) is 10.9. The van der Waals surface area contributed by atoms with Crippen molar-refractivity contribution in [3.8, 4) is 11.5 Å². The van der Waals surface area contributed by atoms with Gasteiger partial charge in [0.2, 0.25) is 0 Å². The number of hydrogen-bond donors (Lipinski definition) is 0. The van der Waals surface area contributed by atoms with E-state index < -0.39 is 0 Å². The van der Waals surface area contributed by atoms with Gasteiger partial charge in [-0.2, -0.15) is 0 Å². The zero-order valence-corrected chi connectivity index (χ0v) is 10.4. The van der Waals surface area contributed by atoms with Crippen LogP contribution in [0.3, 0.4) is 0 Å². The molecule has 0 fully saturated rings. The third-order valence-electron chi connectivity index (χ3n) is 2.63. The highest BCUT2D eigenvalue weighted by Crippen LogP contribution is 2.22. The van der Waals surface area contributed by atoms with Gasteiger partial charge in [-0.1, -0.05) is 6.07 Å². The van der Waals surface area contributed by atoms with E-state index in [1.807, 2.05) is 0 Å². The molecular formula is C15H13FO3. The van der Waals surface area contributed by atoms with E-state index in [9.17, 15) is 9.18 Å². The number of aldehydes is 1. The normalized spacial score (nSPS) is 10.0. The molecular weight excluding hydrogens is 247 g/mol. The van der Waals surface area contributed by atoms with E-state index in [4.69, 9.17) is 9.47 Å². The molecule has 0 aliphatic rings. The van der Waals surface area contributed by atoms with E-state index >= 15 is 0 Å². The molecule has 0 spiro atoms. The van der Waals surface area contributed by atoms with Gasteiger partial charge in [0, 0.05) is 17.2 Å². The van der Waals surface area contributed by atoms with Gasteiger partial charge in [0.25, 0.3) is 0 Å². The lowest BCUT2D eigenvalue weighted by molar-refractivity contribution is 0.112. The van der Waals surface area contributed by atoms with E-state index in [1.54, 1.807) is 37.4 Å². The molecule has 2 aromatic carbocycles. The van der Waals surface area contributed by atoms with Crippen LogP contribution >= 0.6 is 0 Å². The molecule has 3 nitrogen and oxygen atoms in total. The van der Waals surface area contributed by atoms with E-state index in [1.165, 1.54) is 12.1 Å². The number of rotatable bonds is 5. The Morgan fingerprint density at radius 1 is 1.21 bits per heavy atom. The van der Waals surface area contributed by atoms with Crippen molar-refractivity contribution in [3.63, 3.8) is 0 Å². The van der Waals surface area contributed by atoms with Gasteiger partial charge >= 0.3 is 0 Å². The fourth-order valence-electron chi connectivity index (χ4n) is 1.70. The molecule has 0 radical (unpaired) electrons. The highest BCUT2D eigenvalue weighted by atomic mass is 19.1. The second-order valence-corrected chi connectivity index (χ2v) is 3.94. The molecule has 19 heavy (non-hydrogen) atoms. The van der Waals surface area contributed by atoms with Crippen LogP contribution in [0.15, 0.2) is 42.5 Å². The first-order chi connectivity index (χ1) is 9.22. The monoisotopic (exact) mass is 260 g/mol. The summed E-state index contributed by atoms with van der Waals surface area (Å²) >= 11 is 0. The van der Waals surface area contributed by atoms with E-state index in [-0.39, 0.29) is 12.4 Å². The summed E-state index contributed by atoms with van der Waals surface area (Å²) in [4.78, 5) is 10.7. The number of ether oxygens (including phenoxy) is 2. The molecule has 0 saturated heterocycles. The maximum atomic E-state index is 13.0. The Bertz CT molecular complexity index is 581. The summed E-state index contributed by atoms with van der Waals surface area (Å²) in [7, 11) is 1.54. The van der Waals surface area contributed by atoms with Crippen LogP contribution in [-0.2, 0) is 6.61 Å². The van der Waals surface area contributed by atoms with Crippen molar-refractivity contribution in [1.82, 2.24) is 0 Å². The first-order valence-electron chi connectivity index (χ1n) is 5.73. The van der Waals surface area contributed by atoms with Gasteiger partial charge in [-0.05, 0) is 30.3 Å². The molecule has 2 aromatic rings. The molecule has 0 aromatic heterocycles. The maximum Gasteiger partial charge on any atom is 0.150 e. The number of carbonyl (C=O) groups excluding carboxylic acids is 1. The molecule has 2 rings (SSSR count). The molecule has 0 amide bonds. The summed E-state index contributed by atoms with van der Waals surface area (Å²) in [5.74, 6) is 0.701. The van der Waals surface area contributed by atoms with Crippen LogP contribution < -0.4 is 9.47 Å². The number of hydrogen-bond acceptors (Lipinski definition) is 3. The van der Waals surface area contributed by atoms with Gasteiger partial charge < -0.3 is 9.47 Å². The van der Waals surface area contributed by atoms with E-state index in [0.717, 1.165) is 11.8 Å². The lowest BCUT2D eigenvalue weighted by Crippen LogP contribution is -2.00. The zero-order valence-electron chi connectivity index (χ0n) is 10.4. The molecule has 0 unspecified atom stereocenters. The molecule has 4 heteroatoms. The highest BCUT2D eigenvalue weighted by Gasteiger charge is 2.06. The van der Waals surface area contributed by atoms with Gasteiger partial charge in [-0.3, -0.25) is 4.79 Å². The van der Waals surface area contributed by atoms with Crippen LogP contribution in [0.1, 0.15) is 15.9 Å². The van der Waals surface area contributed by atoms with Crippen molar-refractivity contribution in [1.29, 1.82) is 0 Å². The molecule has 0 bridgehead atoms. The topological polar surface area (TPSA) is 35.5 Å². The Morgan fingerprint density at radius 3 is 2.74 bits per heavy atom. The van der Waals surface area contributed by atoms with Crippen molar-refractivity contribution in [2.45, 2.75) is 6.61 Å². The van der Waals surface area contributed by atoms with Crippen molar-refractivity contribution in [2.75, 3.05) is 7.11 Å². The Hall–Kier alpha value is -2.36. The number of methoxy groups -OCH3 is 1. The Kier molecular flexibility index (Phi) is 4.13. The SMILES string of the molecule is COc1ccc(C=O)cc1COc1cccc(F)c1. The van der Waals surface area contributed by atoms with Crippen molar-refractivity contribution in [2.24, 2.45) is 0 Å². The predicted molar refractivity (Wildman–Crippen MR) is 69.1 cm³/mol. The third-order valence-corrected chi connectivity index (χ3v) is 2.63. The number of carbonyl (C=O) groups is 1. The number of halogens is 1. The summed E-state index contributed by atoms with van der Waals surface area (Å²) in [5.41, 5.74) is 1.27. The average Bonchev–Trinajstić information content (AvgIpc) is 2.45. The minimum absolute atomic E-state index is 0.203. The van der Waals surface area contributed by atoms with Crippen LogP contribution in [0.2, 0.25) is 0 Å². The molecule has 0 saturated carbocycles. The predicted octanol–water partition coefficient (Wildman–Crippen LogP) is 3.23. The van der Waals surface area contributed by atoms with Crippen molar-refractivity contribution in [3.05, 3.63) is 59.4 Å². The molecule has 0 N–H and O–H groups in total. The molecule has 0 aliphatic carbocycles. The van der Waals surface area contributed by atoms with E-state index in [0.29, 0.717) is 17.1 Å². The van der Waals surface area contributed by atoms with Crippen LogP contribution in [0, 0.1) is 5.82 Å². The van der Waals surface area contributed by atoms with Crippen LogP contribution in [-0.4, -0.2) is 13.4 Å². The van der Waals surface area contributed by atoms with Gasteiger partial charge in [-0.25, -0.2) is 4.39 Å². The molecule has 0 heterocycles. The highest BCUT2D eigenvalue weighted by molar-refractivity contribution is 5.75. The Morgan fingerprint density at radius 2 is 2.05 bits per heavy atom. The molecule has 98 valence electrons. The average molecular weight is 260 g/mol. The van der Waals surface area contributed by atoms with Crippen molar-refractivity contribution >= 4 is 6.29 Å². The van der Waals surface area contributed by atoms with E-state index in [2.05, 4.69) is 0 Å². The summed E-state index contributed by atoms with van der Waals surface area (Å²) < 4.78 is 23.7. The maximum absolute atomic E-state index is 13.0. The Balaban J connectivity index is 2.16. The lowest BCUT2D eigenvalue weighted by atomic mass is 10.1. The largest absolute Gasteiger partial charge is 0.496 e. The minimum Gasteiger partial charge on any atom is -0.496 e. The van der Waals surface area contributed by atoms with Crippen molar-refractivity contribution < 1.29 is 18.7 Å². The summed E-state index contributed by atoms with van der Waals surface area (Å²) in [5, 5.41) is 0. The first kappa shape index (κ1) is 13.1. The second kappa shape index (κ2) is 6.00. The minimum atomic E-state index is -0.355. The molecule has 0 aliphatic heterocycles. The van der Waals surface area contributed by atoms with Crippen LogP contribution in [0.5, 0.6) is 11.5 Å². The lowest BCUT2D eigenvalue weighted by Gasteiger charge is -2.10. The fourth-order valence-corrected chi connectivity index (χ4v) is 1.70. The first-order valence-corrected chi connectivity index (χ1v) is 5.73. The van der Waals surface area contributed by atoms with Crippen LogP contribution in [0.4, 0.5) is 4.39 Å². The summed E-state index contributed by atoms with van der Waals surface area (Å²) in [6.45, 7) is 0.203. The zero-order chi connectivity index (χ0) is 13.7. The van der Waals surface area contributed by atoms with Gasteiger partial charge in [0.15, 0.2) is 0 Å². The smallest absolute Gasteiger partial charge is 0.150 e. The van der Waals surface area contributed by atoms with Gasteiger partial charge in [-0.15, -0.1) is 0 Å². The third kappa shape index (κ3) is 3.31.